The number of anilines is 1. The molecule has 19 heavy (non-hydrogen) atoms. The van der Waals surface area contributed by atoms with Crippen molar-refractivity contribution in [1.29, 1.82) is 0 Å². The van der Waals surface area contributed by atoms with Crippen LogP contribution < -0.4 is 10.5 Å². The van der Waals surface area contributed by atoms with E-state index < -0.39 is 0 Å². The average Bonchev–Trinajstić information content (AvgIpc) is 2.78. The Labute approximate surface area is 115 Å². The van der Waals surface area contributed by atoms with Crippen molar-refractivity contribution < 1.29 is 4.74 Å². The molecule has 0 amide bonds. The molecular weight excluding hydrogens is 262 g/mol. The molecule has 96 valence electrons. The highest BCUT2D eigenvalue weighted by molar-refractivity contribution is 6.33. The summed E-state index contributed by atoms with van der Waals surface area (Å²) in [4.78, 5) is 4.50. The first-order valence-electron chi connectivity index (χ1n) is 5.77. The molecule has 1 aromatic carbocycles. The van der Waals surface area contributed by atoms with Crippen molar-refractivity contribution in [3.8, 4) is 17.0 Å². The van der Waals surface area contributed by atoms with Crippen molar-refractivity contribution in [3.05, 3.63) is 47.6 Å². The minimum atomic E-state index is 0.572. The Morgan fingerprint density at radius 1 is 1.21 bits per heavy atom. The molecule has 0 saturated heterocycles. The summed E-state index contributed by atoms with van der Waals surface area (Å²) in [6.07, 6.45) is 1.84. The zero-order valence-electron chi connectivity index (χ0n) is 10.3. The van der Waals surface area contributed by atoms with Gasteiger partial charge >= 0.3 is 0 Å². The number of nitrogens with zero attached hydrogens (tertiary/aromatic N) is 2. The second-order valence-electron chi connectivity index (χ2n) is 4.12. The van der Waals surface area contributed by atoms with E-state index in [0.29, 0.717) is 16.5 Å². The predicted octanol–water partition coefficient (Wildman–Crippen LogP) is 3.25. The lowest BCUT2D eigenvalue weighted by atomic mass is 10.1. The third kappa shape index (κ3) is 1.90. The van der Waals surface area contributed by atoms with Crippen LogP contribution in [0.1, 0.15) is 0 Å². The summed E-state index contributed by atoms with van der Waals surface area (Å²) in [5, 5.41) is 0.578. The first-order valence-corrected chi connectivity index (χ1v) is 6.15. The summed E-state index contributed by atoms with van der Waals surface area (Å²) in [7, 11) is 1.63. The molecule has 0 atom stereocenters. The number of pyridine rings is 1. The molecule has 2 aromatic heterocycles. The highest BCUT2D eigenvalue weighted by Crippen LogP contribution is 2.30. The Balaban J connectivity index is 2.19. The van der Waals surface area contributed by atoms with Crippen molar-refractivity contribution in [2.24, 2.45) is 0 Å². The van der Waals surface area contributed by atoms with Crippen LogP contribution >= 0.6 is 11.6 Å². The Bertz CT molecular complexity index is 734. The highest BCUT2D eigenvalue weighted by Gasteiger charge is 2.12. The Kier molecular flexibility index (Phi) is 2.80. The normalized spacial score (nSPS) is 10.8. The fourth-order valence-corrected chi connectivity index (χ4v) is 2.22. The van der Waals surface area contributed by atoms with Crippen LogP contribution in [-0.4, -0.2) is 16.5 Å². The van der Waals surface area contributed by atoms with Crippen LogP contribution in [0, 0.1) is 0 Å². The largest absolute Gasteiger partial charge is 0.497 e. The quantitative estimate of drug-likeness (QED) is 0.780. The molecule has 0 bridgehead atoms. The lowest BCUT2D eigenvalue weighted by Crippen LogP contribution is -1.93. The summed E-state index contributed by atoms with van der Waals surface area (Å²) in [6, 6.07) is 11.2. The zero-order chi connectivity index (χ0) is 13.4. The lowest BCUT2D eigenvalue weighted by Gasteiger charge is -2.02. The molecular formula is C14H12ClN3O. The standard InChI is InChI=1S/C14H12ClN3O/c1-19-10-6-4-9(5-7-10)12-13(16)18-8-2-3-11(15)14(18)17-12/h2-8H,16H2,1H3. The highest BCUT2D eigenvalue weighted by atomic mass is 35.5. The van der Waals surface area contributed by atoms with Gasteiger partial charge in [0.05, 0.1) is 12.1 Å². The maximum atomic E-state index is 6.12. The third-order valence-corrected chi connectivity index (χ3v) is 3.30. The molecule has 2 heterocycles. The van der Waals surface area contributed by atoms with Crippen LogP contribution in [0.4, 0.5) is 5.82 Å². The smallest absolute Gasteiger partial charge is 0.157 e. The second-order valence-corrected chi connectivity index (χ2v) is 4.53. The van der Waals surface area contributed by atoms with Gasteiger partial charge in [0.25, 0.3) is 0 Å². The summed E-state index contributed by atoms with van der Waals surface area (Å²) in [6.45, 7) is 0. The maximum Gasteiger partial charge on any atom is 0.157 e. The molecule has 4 nitrogen and oxygen atoms in total. The van der Waals surface area contributed by atoms with Crippen LogP contribution in [0.2, 0.25) is 5.02 Å². The van der Waals surface area contributed by atoms with Gasteiger partial charge in [-0.2, -0.15) is 0 Å². The zero-order valence-corrected chi connectivity index (χ0v) is 11.1. The Morgan fingerprint density at radius 2 is 1.95 bits per heavy atom. The molecule has 0 aliphatic carbocycles. The van der Waals surface area contributed by atoms with Gasteiger partial charge in [-0.15, -0.1) is 0 Å². The monoisotopic (exact) mass is 273 g/mol. The fraction of sp³-hybridized carbons (Fsp3) is 0.0714. The van der Waals surface area contributed by atoms with Gasteiger partial charge < -0.3 is 10.5 Å². The van der Waals surface area contributed by atoms with Crippen LogP contribution in [0.3, 0.4) is 0 Å². The Hall–Kier alpha value is -2.20. The molecule has 0 unspecified atom stereocenters. The van der Waals surface area contributed by atoms with Crippen molar-refractivity contribution in [2.45, 2.75) is 0 Å². The molecule has 3 rings (SSSR count). The predicted molar refractivity (Wildman–Crippen MR) is 76.6 cm³/mol. The van der Waals surface area contributed by atoms with Gasteiger partial charge in [-0.25, -0.2) is 4.98 Å². The number of methoxy groups -OCH3 is 1. The minimum absolute atomic E-state index is 0.572. The molecule has 0 spiro atoms. The van der Waals surface area contributed by atoms with Crippen LogP contribution in [0.15, 0.2) is 42.6 Å². The van der Waals surface area contributed by atoms with Gasteiger partial charge in [0.2, 0.25) is 0 Å². The van der Waals surface area contributed by atoms with E-state index in [0.717, 1.165) is 17.0 Å². The first kappa shape index (κ1) is 11.9. The van der Waals surface area contributed by atoms with Crippen LogP contribution in [0.5, 0.6) is 5.75 Å². The number of rotatable bonds is 2. The SMILES string of the molecule is COc1ccc(-c2nc3c(Cl)cccn3c2N)cc1. The van der Waals surface area contributed by atoms with Crippen molar-refractivity contribution in [1.82, 2.24) is 9.38 Å². The molecule has 2 N–H and O–H groups in total. The number of imidazole rings is 1. The van der Waals surface area contributed by atoms with Gasteiger partial charge in [-0.3, -0.25) is 4.40 Å². The number of fused-ring (bicyclic) bond motifs is 1. The Morgan fingerprint density at radius 3 is 2.58 bits per heavy atom. The number of hydrogen-bond acceptors (Lipinski definition) is 3. The molecule has 5 heteroatoms. The molecule has 0 fully saturated rings. The van der Waals surface area contributed by atoms with E-state index in [4.69, 9.17) is 22.1 Å². The summed E-state index contributed by atoms with van der Waals surface area (Å²) in [5.41, 5.74) is 8.43. The van der Waals surface area contributed by atoms with E-state index >= 15 is 0 Å². The van der Waals surface area contributed by atoms with Crippen LogP contribution in [-0.2, 0) is 0 Å². The first-order chi connectivity index (χ1) is 9.20. The van der Waals surface area contributed by atoms with Gasteiger partial charge in [0.1, 0.15) is 17.3 Å². The molecule has 0 saturated carbocycles. The number of aromatic nitrogens is 2. The van der Waals surface area contributed by atoms with Crippen molar-refractivity contribution in [2.75, 3.05) is 12.8 Å². The van der Waals surface area contributed by atoms with E-state index in [1.165, 1.54) is 0 Å². The van der Waals surface area contributed by atoms with E-state index in [1.54, 1.807) is 17.6 Å². The van der Waals surface area contributed by atoms with E-state index in [1.807, 2.05) is 36.5 Å². The number of benzene rings is 1. The number of hydrogen-bond donors (Lipinski definition) is 1. The molecule has 0 aliphatic heterocycles. The number of nitrogens with two attached hydrogens (primary N) is 1. The van der Waals surface area contributed by atoms with Crippen molar-refractivity contribution >= 4 is 23.1 Å². The van der Waals surface area contributed by atoms with Crippen molar-refractivity contribution in [3.63, 3.8) is 0 Å². The fourth-order valence-electron chi connectivity index (χ4n) is 2.01. The topological polar surface area (TPSA) is 52.5 Å². The summed E-state index contributed by atoms with van der Waals surface area (Å²) >= 11 is 6.12. The number of ether oxygens (including phenoxy) is 1. The van der Waals surface area contributed by atoms with E-state index in [2.05, 4.69) is 4.98 Å². The van der Waals surface area contributed by atoms with Crippen LogP contribution in [0.25, 0.3) is 16.9 Å². The maximum absolute atomic E-state index is 6.12. The molecule has 0 radical (unpaired) electrons. The van der Waals surface area contributed by atoms with Gasteiger partial charge in [-0.05, 0) is 36.4 Å². The lowest BCUT2D eigenvalue weighted by molar-refractivity contribution is 0.415. The summed E-state index contributed by atoms with van der Waals surface area (Å²) < 4.78 is 6.92. The second kappa shape index (κ2) is 4.48. The van der Waals surface area contributed by atoms with E-state index in [9.17, 15) is 0 Å². The average molecular weight is 274 g/mol. The number of halogens is 1. The van der Waals surface area contributed by atoms with Gasteiger partial charge in [0.15, 0.2) is 5.65 Å². The number of nitrogen functional groups attached to an aromatic ring is 1. The third-order valence-electron chi connectivity index (χ3n) is 3.00. The minimum Gasteiger partial charge on any atom is -0.497 e. The van der Waals surface area contributed by atoms with Gasteiger partial charge in [-0.1, -0.05) is 11.6 Å². The molecule has 3 aromatic rings. The molecule has 0 aliphatic rings. The van der Waals surface area contributed by atoms with E-state index in [-0.39, 0.29) is 0 Å². The van der Waals surface area contributed by atoms with Gasteiger partial charge in [0, 0.05) is 11.8 Å². The summed E-state index contributed by atoms with van der Waals surface area (Å²) in [5.74, 6) is 1.37.